The summed E-state index contributed by atoms with van der Waals surface area (Å²) in [5, 5.41) is 19.5. The predicted octanol–water partition coefficient (Wildman–Crippen LogP) is 2.82. The second-order valence-corrected chi connectivity index (χ2v) is 10.0. The molecule has 1 aromatic rings. The Morgan fingerprint density at radius 3 is 2.58 bits per heavy atom. The Bertz CT molecular complexity index is 873. The number of rotatable bonds is 4. The molecule has 1 heterocycles. The van der Waals surface area contributed by atoms with Gasteiger partial charge < -0.3 is 10.0 Å². The van der Waals surface area contributed by atoms with Gasteiger partial charge in [-0.15, -0.1) is 0 Å². The molecule has 0 amide bonds. The number of hydrogen-bond acceptors (Lipinski definition) is 5. The molecule has 0 aromatic heterocycles. The van der Waals surface area contributed by atoms with Crippen molar-refractivity contribution in [2.45, 2.75) is 61.9 Å². The summed E-state index contributed by atoms with van der Waals surface area (Å²) in [5.74, 6) is 0.491. The number of nitrogens with zero attached hydrogens (tertiary/aromatic N) is 3. The second kappa shape index (κ2) is 5.86. The zero-order valence-electron chi connectivity index (χ0n) is 15.3. The minimum absolute atomic E-state index is 0.0360. The van der Waals surface area contributed by atoms with Gasteiger partial charge >= 0.3 is 0 Å². The molecule has 6 nitrogen and oxygen atoms in total. The molecule has 2 bridgehead atoms. The van der Waals surface area contributed by atoms with Crippen LogP contribution >= 0.6 is 0 Å². The average Bonchev–Trinajstić information content (AvgIpc) is 2.59. The first kappa shape index (κ1) is 17.6. The molecule has 3 aliphatic carbocycles. The molecule has 5 rings (SSSR count). The van der Waals surface area contributed by atoms with E-state index in [0.29, 0.717) is 12.2 Å². The van der Waals surface area contributed by atoms with Gasteiger partial charge in [-0.2, -0.15) is 9.57 Å². The molecule has 26 heavy (non-hydrogen) atoms. The molecule has 4 aliphatic rings. The summed E-state index contributed by atoms with van der Waals surface area (Å²) in [6.07, 6.45) is 6.09. The quantitative estimate of drug-likeness (QED) is 0.875. The molecular weight excluding hydrogens is 350 g/mol. The van der Waals surface area contributed by atoms with Gasteiger partial charge in [-0.3, -0.25) is 0 Å². The number of nitriles is 1. The molecule has 3 saturated carbocycles. The molecule has 1 aliphatic heterocycles. The van der Waals surface area contributed by atoms with Crippen molar-refractivity contribution in [3.05, 3.63) is 17.7 Å². The van der Waals surface area contributed by atoms with Gasteiger partial charge in [-0.25, -0.2) is 8.42 Å². The lowest BCUT2D eigenvalue weighted by Crippen LogP contribution is -2.69. The van der Waals surface area contributed by atoms with Crippen molar-refractivity contribution in [2.24, 2.45) is 5.92 Å². The lowest BCUT2D eigenvalue weighted by molar-refractivity contribution is -0.0270. The first-order chi connectivity index (χ1) is 12.3. The summed E-state index contributed by atoms with van der Waals surface area (Å²) in [6, 6.07) is 4.72. The third-order valence-electron chi connectivity index (χ3n) is 6.52. The van der Waals surface area contributed by atoms with Gasteiger partial charge in [0.1, 0.15) is 16.7 Å². The summed E-state index contributed by atoms with van der Waals surface area (Å²) in [6.45, 7) is 2.75. The minimum Gasteiger partial charge on any atom is -0.507 e. The summed E-state index contributed by atoms with van der Waals surface area (Å²) in [4.78, 5) is 2.37. The van der Waals surface area contributed by atoms with Crippen LogP contribution in [0.5, 0.6) is 5.75 Å². The van der Waals surface area contributed by atoms with Crippen LogP contribution in [-0.2, 0) is 10.0 Å². The average molecular weight is 375 g/mol. The van der Waals surface area contributed by atoms with Gasteiger partial charge in [-0.1, -0.05) is 19.8 Å². The maximum Gasteiger partial charge on any atom is 0.245 e. The molecule has 1 aromatic carbocycles. The largest absolute Gasteiger partial charge is 0.507 e. The highest BCUT2D eigenvalue weighted by molar-refractivity contribution is 7.89. The normalized spacial score (nSPS) is 32.0. The van der Waals surface area contributed by atoms with E-state index in [1.807, 2.05) is 6.07 Å². The van der Waals surface area contributed by atoms with E-state index < -0.39 is 10.0 Å². The van der Waals surface area contributed by atoms with Gasteiger partial charge in [0.15, 0.2) is 0 Å². The van der Waals surface area contributed by atoms with Gasteiger partial charge in [-0.05, 0) is 37.7 Å². The molecule has 1 atom stereocenters. The molecule has 1 N–H and O–H groups in total. The molecule has 7 heteroatoms. The summed E-state index contributed by atoms with van der Waals surface area (Å²) in [7, 11) is -2.08. The molecule has 3 fully saturated rings. The Hall–Kier alpha value is -1.78. The third-order valence-corrected chi connectivity index (χ3v) is 8.46. The van der Waals surface area contributed by atoms with Crippen LogP contribution in [-0.4, -0.2) is 43.0 Å². The fraction of sp³-hybridized carbons (Fsp3) is 0.632. The highest BCUT2D eigenvalue weighted by Crippen LogP contribution is 2.62. The van der Waals surface area contributed by atoms with Crippen LogP contribution in [0.25, 0.3) is 0 Å². The summed E-state index contributed by atoms with van der Waals surface area (Å²) < 4.78 is 28.0. The molecule has 0 saturated heterocycles. The summed E-state index contributed by atoms with van der Waals surface area (Å²) >= 11 is 0. The minimum atomic E-state index is -3.72. The monoisotopic (exact) mass is 375 g/mol. The van der Waals surface area contributed by atoms with Crippen molar-refractivity contribution in [1.29, 1.82) is 5.26 Å². The molecule has 140 valence electrons. The zero-order valence-corrected chi connectivity index (χ0v) is 16.1. The number of sulfonamides is 1. The highest BCUT2D eigenvalue weighted by atomic mass is 32.2. The van der Waals surface area contributed by atoms with Crippen LogP contribution in [0.3, 0.4) is 0 Å². The Balaban J connectivity index is 1.87. The van der Waals surface area contributed by atoms with Crippen LogP contribution in [0.15, 0.2) is 17.0 Å². The lowest BCUT2D eigenvalue weighted by atomic mass is 9.49. The third kappa shape index (κ3) is 2.35. The molecular formula is C19H25N3O3S. The van der Waals surface area contributed by atoms with Crippen LogP contribution in [0.4, 0.5) is 5.69 Å². The predicted molar refractivity (Wildman–Crippen MR) is 98.5 cm³/mol. The van der Waals surface area contributed by atoms with Crippen molar-refractivity contribution in [2.75, 3.05) is 18.5 Å². The number of phenols is 1. The van der Waals surface area contributed by atoms with Gasteiger partial charge in [0.25, 0.3) is 0 Å². The smallest absolute Gasteiger partial charge is 0.245 e. The van der Waals surface area contributed by atoms with Crippen molar-refractivity contribution in [3.63, 3.8) is 0 Å². The van der Waals surface area contributed by atoms with Crippen molar-refractivity contribution in [1.82, 2.24) is 4.31 Å². The Labute approximate surface area is 155 Å². The van der Waals surface area contributed by atoms with Gasteiger partial charge in [0.2, 0.25) is 10.0 Å². The number of unbranched alkanes of at least 4 members (excludes halogenated alkanes) is 1. The van der Waals surface area contributed by atoms with E-state index in [1.165, 1.54) is 10.4 Å². The van der Waals surface area contributed by atoms with Crippen LogP contribution in [0, 0.1) is 17.2 Å². The number of fused-ring (bicyclic) bond motifs is 1. The molecule has 0 spiro atoms. The number of anilines is 1. The van der Waals surface area contributed by atoms with Crippen LogP contribution < -0.4 is 4.90 Å². The van der Waals surface area contributed by atoms with Crippen LogP contribution in [0.1, 0.15) is 51.0 Å². The van der Waals surface area contributed by atoms with E-state index in [9.17, 15) is 18.8 Å². The fourth-order valence-electron chi connectivity index (χ4n) is 4.77. The highest BCUT2D eigenvalue weighted by Gasteiger charge is 2.61. The van der Waals surface area contributed by atoms with Gasteiger partial charge in [0, 0.05) is 31.2 Å². The topological polar surface area (TPSA) is 84.6 Å². The number of benzene rings is 1. The summed E-state index contributed by atoms with van der Waals surface area (Å²) in [5.41, 5.74) is 0.752. The maximum absolute atomic E-state index is 13.2. The van der Waals surface area contributed by atoms with E-state index in [-0.39, 0.29) is 27.8 Å². The Kier molecular flexibility index (Phi) is 3.97. The van der Waals surface area contributed by atoms with E-state index >= 15 is 0 Å². The SMILES string of the molecule is CCCC[C@@H]1CN(C23CC(C2)C3)c2cc(C#N)c(O)cc2S(=O)(=O)N1C. The van der Waals surface area contributed by atoms with Crippen molar-refractivity contribution in [3.8, 4) is 11.8 Å². The van der Waals surface area contributed by atoms with E-state index in [0.717, 1.165) is 44.4 Å². The van der Waals surface area contributed by atoms with Crippen molar-refractivity contribution < 1.29 is 13.5 Å². The Morgan fingerprint density at radius 2 is 2.04 bits per heavy atom. The van der Waals surface area contributed by atoms with Crippen molar-refractivity contribution >= 4 is 15.7 Å². The molecule has 0 radical (unpaired) electrons. The van der Waals surface area contributed by atoms with E-state index in [1.54, 1.807) is 13.1 Å². The maximum atomic E-state index is 13.2. The van der Waals surface area contributed by atoms with Crippen LogP contribution in [0.2, 0.25) is 0 Å². The zero-order chi connectivity index (χ0) is 18.7. The standard InChI is InChI=1S/C19H25N3O3S/c1-3-4-5-15-12-22(19-8-13(9-19)10-19)16-6-14(11-20)17(23)7-18(16)26(24,25)21(15)2/h6-7,13,15,23H,3-5,8-10,12H2,1-2H3/t13?,15-,19?/m1/s1. The second-order valence-electron chi connectivity index (χ2n) is 8.08. The van der Waals surface area contributed by atoms with Gasteiger partial charge in [0.05, 0.1) is 11.3 Å². The van der Waals surface area contributed by atoms with E-state index in [4.69, 9.17) is 0 Å². The molecule has 0 unspecified atom stereocenters. The first-order valence-electron chi connectivity index (χ1n) is 9.35. The number of likely N-dealkylation sites (N-methyl/N-ethyl adjacent to an activating group) is 1. The van der Waals surface area contributed by atoms with E-state index in [2.05, 4.69) is 11.8 Å². The first-order valence-corrected chi connectivity index (χ1v) is 10.8. The number of hydrogen-bond donors (Lipinski definition) is 1. The number of aromatic hydroxyl groups is 1. The lowest BCUT2D eigenvalue weighted by Gasteiger charge is -2.67. The number of phenolic OH excluding ortho intramolecular Hbond substituents is 1. The fourth-order valence-corrected chi connectivity index (χ4v) is 6.33. The Morgan fingerprint density at radius 1 is 1.35 bits per heavy atom.